The number of nitrogens with zero attached hydrogens (tertiary/aromatic N) is 2. The SMILES string of the molecule is Cc1ccc(-n2ncc(C(=O)Nc3cc(Cl)ccc3Cl)c2C2CCNCC2)cc1.[Cl-]. The minimum atomic E-state index is -0.235. The van der Waals surface area contributed by atoms with E-state index in [4.69, 9.17) is 23.2 Å². The Balaban J connectivity index is 0.00000256. The molecule has 1 saturated heterocycles. The summed E-state index contributed by atoms with van der Waals surface area (Å²) < 4.78 is 1.89. The summed E-state index contributed by atoms with van der Waals surface area (Å²) in [6, 6.07) is 13.2. The standard InChI is InChI=1S/C22H22Cl2N4O.ClH/c1-14-2-5-17(6-3-14)28-21(15-8-10-25-11-9-15)18(13-26-28)22(29)27-20-12-16(23)4-7-19(20)24;/h2-7,12-13,15,25H,8-11H2,1H3,(H,27,29);1H/p-1. The lowest BCUT2D eigenvalue weighted by Crippen LogP contribution is -3.00. The minimum Gasteiger partial charge on any atom is -1.00 e. The first-order valence-electron chi connectivity index (χ1n) is 9.65. The zero-order valence-corrected chi connectivity index (χ0v) is 18.7. The van der Waals surface area contributed by atoms with Gasteiger partial charge in [-0.1, -0.05) is 40.9 Å². The molecule has 0 radical (unpaired) electrons. The van der Waals surface area contributed by atoms with Crippen LogP contribution in [0.25, 0.3) is 5.69 Å². The van der Waals surface area contributed by atoms with Gasteiger partial charge in [0.25, 0.3) is 5.91 Å². The average Bonchev–Trinajstić information content (AvgIpc) is 3.17. The fourth-order valence-electron chi connectivity index (χ4n) is 3.70. The van der Waals surface area contributed by atoms with Crippen molar-refractivity contribution < 1.29 is 17.2 Å². The van der Waals surface area contributed by atoms with Crippen LogP contribution in [0.5, 0.6) is 0 Å². The fourth-order valence-corrected chi connectivity index (χ4v) is 4.03. The van der Waals surface area contributed by atoms with Gasteiger partial charge in [0.05, 0.1) is 33.9 Å². The second-order valence-corrected chi connectivity index (χ2v) is 8.14. The molecule has 1 fully saturated rings. The van der Waals surface area contributed by atoms with Crippen LogP contribution >= 0.6 is 23.2 Å². The summed E-state index contributed by atoms with van der Waals surface area (Å²) in [5.41, 5.74) is 4.12. The van der Waals surface area contributed by atoms with Crippen LogP contribution in [0.15, 0.2) is 48.7 Å². The van der Waals surface area contributed by atoms with E-state index in [1.54, 1.807) is 24.4 Å². The maximum absolute atomic E-state index is 13.2. The molecule has 0 atom stereocenters. The molecule has 2 heterocycles. The number of hydrogen-bond acceptors (Lipinski definition) is 3. The summed E-state index contributed by atoms with van der Waals surface area (Å²) in [7, 11) is 0. The van der Waals surface area contributed by atoms with Crippen LogP contribution < -0.4 is 23.0 Å². The first-order valence-corrected chi connectivity index (χ1v) is 10.4. The third-order valence-electron chi connectivity index (χ3n) is 5.23. The van der Waals surface area contributed by atoms with Crippen molar-refractivity contribution in [3.05, 3.63) is 75.5 Å². The molecule has 3 aromatic rings. The largest absolute Gasteiger partial charge is 1.00 e. The molecular formula is C22H22Cl3N4O-. The number of carbonyl (C=O) groups is 1. The van der Waals surface area contributed by atoms with Crippen LogP contribution in [0, 0.1) is 6.92 Å². The second kappa shape index (κ2) is 9.84. The molecule has 0 bridgehead atoms. The number of aryl methyl sites for hydroxylation is 1. The number of carbonyl (C=O) groups excluding carboxylic acids is 1. The van der Waals surface area contributed by atoms with E-state index in [0.717, 1.165) is 37.3 Å². The van der Waals surface area contributed by atoms with Crippen LogP contribution in [0.3, 0.4) is 0 Å². The van der Waals surface area contributed by atoms with Gasteiger partial charge < -0.3 is 23.0 Å². The number of nitrogens with one attached hydrogen (secondary N) is 2. The van der Waals surface area contributed by atoms with E-state index in [1.165, 1.54) is 5.56 Å². The Kier molecular flexibility index (Phi) is 7.42. The van der Waals surface area contributed by atoms with Crippen LogP contribution in [0.4, 0.5) is 5.69 Å². The molecule has 30 heavy (non-hydrogen) atoms. The number of rotatable bonds is 4. The summed E-state index contributed by atoms with van der Waals surface area (Å²) in [6.45, 7) is 3.89. The molecular weight excluding hydrogens is 443 g/mol. The smallest absolute Gasteiger partial charge is 0.259 e. The summed E-state index contributed by atoms with van der Waals surface area (Å²) in [4.78, 5) is 13.2. The molecule has 1 aliphatic heterocycles. The molecule has 0 aliphatic carbocycles. The zero-order valence-electron chi connectivity index (χ0n) is 16.5. The maximum Gasteiger partial charge on any atom is 0.259 e. The van der Waals surface area contributed by atoms with Gasteiger partial charge >= 0.3 is 0 Å². The first-order chi connectivity index (χ1) is 14.0. The Morgan fingerprint density at radius 2 is 1.83 bits per heavy atom. The lowest BCUT2D eigenvalue weighted by atomic mass is 9.91. The van der Waals surface area contributed by atoms with Crippen molar-refractivity contribution in [3.8, 4) is 5.69 Å². The van der Waals surface area contributed by atoms with Gasteiger partial charge in [0.15, 0.2) is 0 Å². The predicted octanol–water partition coefficient (Wildman–Crippen LogP) is 2.21. The van der Waals surface area contributed by atoms with Gasteiger partial charge in [-0.3, -0.25) is 4.79 Å². The third-order valence-corrected chi connectivity index (χ3v) is 5.80. The second-order valence-electron chi connectivity index (χ2n) is 7.29. The monoisotopic (exact) mass is 463 g/mol. The highest BCUT2D eigenvalue weighted by Gasteiger charge is 2.27. The van der Waals surface area contributed by atoms with E-state index in [1.807, 2.05) is 23.7 Å². The molecule has 0 unspecified atom stereocenters. The average molecular weight is 465 g/mol. The predicted molar refractivity (Wildman–Crippen MR) is 118 cm³/mol. The molecule has 8 heteroatoms. The maximum atomic E-state index is 13.2. The molecule has 5 nitrogen and oxygen atoms in total. The van der Waals surface area contributed by atoms with Crippen molar-refractivity contribution in [2.75, 3.05) is 18.4 Å². The van der Waals surface area contributed by atoms with Crippen molar-refractivity contribution in [3.63, 3.8) is 0 Å². The minimum absolute atomic E-state index is 0. The molecule has 1 aliphatic rings. The number of amides is 1. The third kappa shape index (κ3) is 4.81. The van der Waals surface area contributed by atoms with Crippen molar-refractivity contribution in [1.82, 2.24) is 15.1 Å². The summed E-state index contributed by atoms with van der Waals surface area (Å²) in [5.74, 6) is 0.0108. The number of benzene rings is 2. The Bertz CT molecular complexity index is 1030. The van der Waals surface area contributed by atoms with E-state index < -0.39 is 0 Å². The summed E-state index contributed by atoms with van der Waals surface area (Å²) in [5, 5.41) is 11.8. The van der Waals surface area contributed by atoms with Gasteiger partial charge in [-0.25, -0.2) is 4.68 Å². The van der Waals surface area contributed by atoms with Crippen molar-refractivity contribution in [1.29, 1.82) is 0 Å². The zero-order chi connectivity index (χ0) is 20.4. The van der Waals surface area contributed by atoms with Gasteiger partial charge in [0, 0.05) is 10.9 Å². The lowest BCUT2D eigenvalue weighted by molar-refractivity contribution is -0.0000134. The number of aromatic nitrogens is 2. The molecule has 2 N–H and O–H groups in total. The van der Waals surface area contributed by atoms with Crippen LogP contribution in [0.1, 0.15) is 40.4 Å². The van der Waals surface area contributed by atoms with E-state index in [0.29, 0.717) is 21.3 Å². The fraction of sp³-hybridized carbons (Fsp3) is 0.273. The molecule has 4 rings (SSSR count). The molecule has 1 aromatic heterocycles. The number of piperidine rings is 1. The number of hydrogen-bond donors (Lipinski definition) is 2. The van der Waals surface area contributed by atoms with Gasteiger partial charge in [0.1, 0.15) is 0 Å². The van der Waals surface area contributed by atoms with Gasteiger partial charge in [-0.05, 0) is 63.2 Å². The molecule has 0 saturated carbocycles. The van der Waals surface area contributed by atoms with E-state index >= 15 is 0 Å². The van der Waals surface area contributed by atoms with Gasteiger partial charge in [-0.2, -0.15) is 5.10 Å². The van der Waals surface area contributed by atoms with Gasteiger partial charge in [-0.15, -0.1) is 0 Å². The molecule has 2 aromatic carbocycles. The van der Waals surface area contributed by atoms with E-state index in [9.17, 15) is 4.79 Å². The number of anilines is 1. The Labute approximate surface area is 192 Å². The summed E-state index contributed by atoms with van der Waals surface area (Å²) >= 11 is 12.3. The van der Waals surface area contributed by atoms with Crippen LogP contribution in [0.2, 0.25) is 10.0 Å². The normalized spacial score (nSPS) is 14.2. The highest BCUT2D eigenvalue weighted by molar-refractivity contribution is 6.35. The van der Waals surface area contributed by atoms with E-state index in [-0.39, 0.29) is 24.2 Å². The highest BCUT2D eigenvalue weighted by Crippen LogP contribution is 2.32. The van der Waals surface area contributed by atoms with Gasteiger partial charge in [0.2, 0.25) is 0 Å². The first kappa shape index (κ1) is 22.6. The Morgan fingerprint density at radius 3 is 2.53 bits per heavy atom. The molecule has 158 valence electrons. The molecule has 1 amide bonds. The molecule has 0 spiro atoms. The van der Waals surface area contributed by atoms with Crippen molar-refractivity contribution in [2.45, 2.75) is 25.7 Å². The van der Waals surface area contributed by atoms with E-state index in [2.05, 4.69) is 27.9 Å². The van der Waals surface area contributed by atoms with Crippen LogP contribution in [-0.2, 0) is 0 Å². The number of halogens is 3. The van der Waals surface area contributed by atoms with Crippen LogP contribution in [-0.4, -0.2) is 28.8 Å². The van der Waals surface area contributed by atoms with Crippen molar-refractivity contribution >= 4 is 34.8 Å². The quantitative estimate of drug-likeness (QED) is 0.622. The lowest BCUT2D eigenvalue weighted by Gasteiger charge is -2.24. The highest BCUT2D eigenvalue weighted by atomic mass is 35.5. The Hall–Kier alpha value is -2.05. The summed E-state index contributed by atoms with van der Waals surface area (Å²) in [6.07, 6.45) is 3.55. The van der Waals surface area contributed by atoms with Crippen molar-refractivity contribution in [2.24, 2.45) is 0 Å². The topological polar surface area (TPSA) is 59.0 Å². The Morgan fingerprint density at radius 1 is 1.13 bits per heavy atom.